The Kier molecular flexibility index (Phi) is 6.33. The third kappa shape index (κ3) is 4.78. The maximum absolute atomic E-state index is 13.0. The van der Waals surface area contributed by atoms with Crippen LogP contribution in [0.3, 0.4) is 0 Å². The van der Waals surface area contributed by atoms with Crippen LogP contribution < -0.4 is 15.6 Å². The summed E-state index contributed by atoms with van der Waals surface area (Å²) in [4.78, 5) is 29.5. The molecule has 0 radical (unpaired) electrons. The van der Waals surface area contributed by atoms with Crippen LogP contribution in [0.2, 0.25) is 0 Å². The molecule has 0 fully saturated rings. The predicted octanol–water partition coefficient (Wildman–Crippen LogP) is 3.80. The summed E-state index contributed by atoms with van der Waals surface area (Å²) < 4.78 is 6.77. The van der Waals surface area contributed by atoms with Crippen molar-refractivity contribution in [1.82, 2.24) is 14.9 Å². The Balaban J connectivity index is 1.46. The van der Waals surface area contributed by atoms with Crippen LogP contribution in [0, 0.1) is 0 Å². The van der Waals surface area contributed by atoms with Crippen molar-refractivity contribution in [1.29, 1.82) is 0 Å². The Morgan fingerprint density at radius 3 is 2.77 bits per heavy atom. The van der Waals surface area contributed by atoms with E-state index < -0.39 is 0 Å². The number of methoxy groups -OCH3 is 1. The molecule has 4 aromatic rings. The highest BCUT2D eigenvalue weighted by Crippen LogP contribution is 2.21. The molecule has 1 aromatic heterocycles. The predicted molar refractivity (Wildman–Crippen MR) is 123 cm³/mol. The van der Waals surface area contributed by atoms with Gasteiger partial charge in [-0.25, -0.2) is 4.98 Å². The minimum absolute atomic E-state index is 0.103. The van der Waals surface area contributed by atoms with Crippen molar-refractivity contribution in [3.63, 3.8) is 0 Å². The SMILES string of the molecule is COc1cccc(CNC(=O)CSc2nccn(-c3cccc4ccccc34)c2=O)c1. The number of fused-ring (bicyclic) bond motifs is 1. The van der Waals surface area contributed by atoms with Crippen LogP contribution in [-0.4, -0.2) is 28.3 Å². The number of hydrogen-bond donors (Lipinski definition) is 1. The Labute approximate surface area is 183 Å². The summed E-state index contributed by atoms with van der Waals surface area (Å²) in [5.41, 5.74) is 1.48. The van der Waals surface area contributed by atoms with Crippen LogP contribution in [0.15, 0.2) is 88.9 Å². The Morgan fingerprint density at radius 2 is 1.90 bits per heavy atom. The highest BCUT2D eigenvalue weighted by molar-refractivity contribution is 7.99. The molecule has 31 heavy (non-hydrogen) atoms. The summed E-state index contributed by atoms with van der Waals surface area (Å²) >= 11 is 1.13. The first-order valence-corrected chi connectivity index (χ1v) is 10.7. The average molecular weight is 432 g/mol. The fourth-order valence-electron chi connectivity index (χ4n) is 3.27. The molecule has 0 spiro atoms. The van der Waals surface area contributed by atoms with Gasteiger partial charge in [0.1, 0.15) is 5.75 Å². The van der Waals surface area contributed by atoms with E-state index in [2.05, 4.69) is 10.3 Å². The summed E-state index contributed by atoms with van der Waals surface area (Å²) in [6.07, 6.45) is 3.23. The molecule has 6 nitrogen and oxygen atoms in total. The van der Waals surface area contributed by atoms with Gasteiger partial charge < -0.3 is 10.1 Å². The monoisotopic (exact) mass is 431 g/mol. The summed E-state index contributed by atoms with van der Waals surface area (Å²) in [5, 5.41) is 5.17. The van der Waals surface area contributed by atoms with E-state index in [1.165, 1.54) is 0 Å². The average Bonchev–Trinajstić information content (AvgIpc) is 2.82. The number of aromatic nitrogens is 2. The highest BCUT2D eigenvalue weighted by atomic mass is 32.2. The largest absolute Gasteiger partial charge is 0.497 e. The number of hydrogen-bond acceptors (Lipinski definition) is 5. The molecule has 0 unspecified atom stereocenters. The third-order valence-corrected chi connectivity index (χ3v) is 5.76. The van der Waals surface area contributed by atoms with Crippen molar-refractivity contribution >= 4 is 28.4 Å². The minimum Gasteiger partial charge on any atom is -0.497 e. The zero-order valence-corrected chi connectivity index (χ0v) is 17.8. The number of benzene rings is 3. The second-order valence-electron chi connectivity index (χ2n) is 6.82. The number of ether oxygens (including phenoxy) is 1. The Bertz CT molecular complexity index is 1280. The number of carbonyl (C=O) groups excluding carboxylic acids is 1. The van der Waals surface area contributed by atoms with Gasteiger partial charge in [0.2, 0.25) is 5.91 Å². The smallest absolute Gasteiger partial charge is 0.287 e. The van der Waals surface area contributed by atoms with E-state index in [9.17, 15) is 9.59 Å². The Morgan fingerprint density at radius 1 is 1.10 bits per heavy atom. The van der Waals surface area contributed by atoms with E-state index in [0.717, 1.165) is 39.5 Å². The van der Waals surface area contributed by atoms with E-state index in [1.54, 1.807) is 24.1 Å². The third-order valence-electron chi connectivity index (χ3n) is 4.80. The van der Waals surface area contributed by atoms with Crippen molar-refractivity contribution < 1.29 is 9.53 Å². The molecule has 0 saturated carbocycles. The summed E-state index contributed by atoms with van der Waals surface area (Å²) in [7, 11) is 1.60. The highest BCUT2D eigenvalue weighted by Gasteiger charge is 2.11. The molecular formula is C24H21N3O3S. The zero-order chi connectivity index (χ0) is 21.6. The van der Waals surface area contributed by atoms with Crippen molar-refractivity contribution in [3.8, 4) is 11.4 Å². The summed E-state index contributed by atoms with van der Waals surface area (Å²) in [6.45, 7) is 0.388. The van der Waals surface area contributed by atoms with E-state index in [0.29, 0.717) is 6.54 Å². The van der Waals surface area contributed by atoms with Crippen molar-refractivity contribution in [2.24, 2.45) is 0 Å². The standard InChI is InChI=1S/C24H21N3O3S/c1-30-19-9-4-6-17(14-19)15-26-22(28)16-31-23-24(29)27(13-12-25-23)21-11-5-8-18-7-2-3-10-20(18)21/h2-14H,15-16H2,1H3,(H,26,28). The number of nitrogens with one attached hydrogen (secondary N) is 1. The molecule has 0 aliphatic carbocycles. The van der Waals surface area contributed by atoms with Crippen molar-refractivity contribution in [2.45, 2.75) is 11.6 Å². The maximum atomic E-state index is 13.0. The lowest BCUT2D eigenvalue weighted by molar-refractivity contribution is -0.118. The van der Waals surface area contributed by atoms with Gasteiger partial charge in [-0.3, -0.25) is 14.2 Å². The van der Waals surface area contributed by atoms with Crippen LogP contribution in [0.5, 0.6) is 5.75 Å². The summed E-state index contributed by atoms with van der Waals surface area (Å²) in [6, 6.07) is 21.2. The van der Waals surface area contributed by atoms with Crippen molar-refractivity contribution in [2.75, 3.05) is 12.9 Å². The van der Waals surface area contributed by atoms with E-state index in [-0.39, 0.29) is 22.2 Å². The zero-order valence-electron chi connectivity index (χ0n) is 16.9. The van der Waals surface area contributed by atoms with Gasteiger partial charge in [-0.2, -0.15) is 0 Å². The molecule has 1 amide bonds. The van der Waals surface area contributed by atoms with Gasteiger partial charge in [0.25, 0.3) is 5.56 Å². The second-order valence-corrected chi connectivity index (χ2v) is 7.79. The molecule has 0 aliphatic heterocycles. The Hall–Kier alpha value is -3.58. The second kappa shape index (κ2) is 9.49. The van der Waals surface area contributed by atoms with Gasteiger partial charge in [0.15, 0.2) is 5.03 Å². The molecule has 0 atom stereocenters. The number of rotatable bonds is 7. The lowest BCUT2D eigenvalue weighted by Crippen LogP contribution is -2.26. The van der Waals surface area contributed by atoms with Crippen LogP contribution in [0.4, 0.5) is 0 Å². The van der Waals surface area contributed by atoms with E-state index in [4.69, 9.17) is 4.74 Å². The lowest BCUT2D eigenvalue weighted by atomic mass is 10.1. The molecule has 4 rings (SSSR count). The molecule has 3 aromatic carbocycles. The molecule has 0 bridgehead atoms. The van der Waals surface area contributed by atoms with E-state index in [1.807, 2.05) is 66.7 Å². The van der Waals surface area contributed by atoms with E-state index >= 15 is 0 Å². The lowest BCUT2D eigenvalue weighted by Gasteiger charge is -2.10. The molecule has 156 valence electrons. The first kappa shape index (κ1) is 20.7. The van der Waals surface area contributed by atoms with Crippen molar-refractivity contribution in [3.05, 3.63) is 95.0 Å². The van der Waals surface area contributed by atoms with Crippen LogP contribution in [0.25, 0.3) is 16.5 Å². The molecule has 0 aliphatic rings. The fourth-order valence-corrected chi connectivity index (χ4v) is 4.00. The number of amides is 1. The number of nitrogens with zero attached hydrogens (tertiary/aromatic N) is 2. The fraction of sp³-hybridized carbons (Fsp3) is 0.125. The normalized spacial score (nSPS) is 10.7. The van der Waals surface area contributed by atoms with Crippen LogP contribution in [0.1, 0.15) is 5.56 Å². The molecule has 7 heteroatoms. The van der Waals surface area contributed by atoms with Gasteiger partial charge >= 0.3 is 0 Å². The molecule has 0 saturated heterocycles. The van der Waals surface area contributed by atoms with Crippen LogP contribution >= 0.6 is 11.8 Å². The van der Waals surface area contributed by atoms with Gasteiger partial charge in [0.05, 0.1) is 18.6 Å². The molecule has 1 N–H and O–H groups in total. The quantitative estimate of drug-likeness (QED) is 0.451. The van der Waals surface area contributed by atoms with Gasteiger partial charge in [-0.1, -0.05) is 60.3 Å². The minimum atomic E-state index is -0.246. The molecular weight excluding hydrogens is 410 g/mol. The first-order chi connectivity index (χ1) is 15.2. The topological polar surface area (TPSA) is 73.2 Å². The number of carbonyl (C=O) groups is 1. The maximum Gasteiger partial charge on any atom is 0.287 e. The first-order valence-electron chi connectivity index (χ1n) is 9.74. The van der Waals surface area contributed by atoms with Gasteiger partial charge in [-0.05, 0) is 29.1 Å². The summed E-state index contributed by atoms with van der Waals surface area (Å²) in [5.74, 6) is 0.671. The molecule has 1 heterocycles. The van der Waals surface area contributed by atoms with Crippen LogP contribution in [-0.2, 0) is 11.3 Å². The number of thioether (sulfide) groups is 1. The van der Waals surface area contributed by atoms with Gasteiger partial charge in [0, 0.05) is 24.3 Å². The van der Waals surface area contributed by atoms with Gasteiger partial charge in [-0.15, -0.1) is 0 Å².